The number of aliphatic hydroxyl groups is 1. The number of aldehydes is 1. The van der Waals surface area contributed by atoms with Crippen molar-refractivity contribution in [1.29, 1.82) is 0 Å². The predicted octanol–water partition coefficient (Wildman–Crippen LogP) is 3.31. The number of carbonyl (C=O) groups excluding carboxylic acids is 1. The molecule has 3 nitrogen and oxygen atoms in total. The summed E-state index contributed by atoms with van der Waals surface area (Å²) in [6.45, 7) is 8.59. The van der Waals surface area contributed by atoms with Gasteiger partial charge in [0.25, 0.3) is 0 Å². The first kappa shape index (κ1) is 18.0. The van der Waals surface area contributed by atoms with E-state index in [9.17, 15) is 4.79 Å². The van der Waals surface area contributed by atoms with E-state index in [1.54, 1.807) is 24.3 Å². The van der Waals surface area contributed by atoms with Crippen molar-refractivity contribution < 1.29 is 14.6 Å². The summed E-state index contributed by atoms with van der Waals surface area (Å²) in [5, 5.41) is 8.51. The molecule has 1 rings (SSSR count). The van der Waals surface area contributed by atoms with Gasteiger partial charge in [-0.25, -0.2) is 0 Å². The second-order valence-electron chi connectivity index (χ2n) is 2.62. The van der Waals surface area contributed by atoms with Gasteiger partial charge >= 0.3 is 0 Å². The van der Waals surface area contributed by atoms with Crippen LogP contribution >= 0.6 is 0 Å². The Morgan fingerprint density at radius 3 is 2.41 bits per heavy atom. The monoisotopic (exact) mass is 240 g/mol. The summed E-state index contributed by atoms with van der Waals surface area (Å²) < 4.78 is 5.27. The molecule has 3 heteroatoms. The highest BCUT2D eigenvalue weighted by molar-refractivity contribution is 5.75. The molecule has 0 fully saturated rings. The van der Waals surface area contributed by atoms with Gasteiger partial charge in [0.15, 0.2) is 0 Å². The molecule has 0 amide bonds. The van der Waals surface area contributed by atoms with Crippen molar-refractivity contribution in [3.63, 3.8) is 0 Å². The van der Waals surface area contributed by atoms with Crippen molar-refractivity contribution in [2.75, 3.05) is 13.2 Å². The molecule has 0 aliphatic rings. The first-order valence-electron chi connectivity index (χ1n) is 6.15. The topological polar surface area (TPSA) is 46.5 Å². The van der Waals surface area contributed by atoms with Crippen molar-refractivity contribution in [2.24, 2.45) is 0 Å². The summed E-state index contributed by atoms with van der Waals surface area (Å²) >= 11 is 0. The summed E-state index contributed by atoms with van der Waals surface area (Å²) in [4.78, 5) is 10.4. The quantitative estimate of drug-likeness (QED) is 0.634. The zero-order chi connectivity index (χ0) is 13.5. The van der Waals surface area contributed by atoms with Gasteiger partial charge in [-0.15, -0.1) is 0 Å². The van der Waals surface area contributed by atoms with Gasteiger partial charge in [0, 0.05) is 18.6 Å². The third-order valence-corrected chi connectivity index (χ3v) is 1.57. The van der Waals surface area contributed by atoms with Gasteiger partial charge in [0.1, 0.15) is 12.0 Å². The van der Waals surface area contributed by atoms with E-state index in [2.05, 4.69) is 0 Å². The van der Waals surface area contributed by atoms with Gasteiger partial charge in [0.2, 0.25) is 0 Å². The zero-order valence-corrected chi connectivity index (χ0v) is 11.3. The Bertz CT molecular complexity index is 272. The van der Waals surface area contributed by atoms with Crippen LogP contribution in [0.1, 0.15) is 44.5 Å². The number of carbonyl (C=O) groups is 1. The van der Waals surface area contributed by atoms with E-state index >= 15 is 0 Å². The molecular formula is C14H24O3. The number of ether oxygens (including phenoxy) is 1. The van der Waals surface area contributed by atoms with Gasteiger partial charge in [-0.2, -0.15) is 0 Å². The van der Waals surface area contributed by atoms with E-state index in [1.165, 1.54) is 0 Å². The van der Waals surface area contributed by atoms with E-state index in [0.29, 0.717) is 24.3 Å². The van der Waals surface area contributed by atoms with E-state index in [0.717, 1.165) is 6.29 Å². The van der Waals surface area contributed by atoms with Gasteiger partial charge in [0.05, 0.1) is 6.61 Å². The number of benzene rings is 1. The van der Waals surface area contributed by atoms with Crippen LogP contribution in [0.25, 0.3) is 0 Å². The fourth-order valence-electron chi connectivity index (χ4n) is 0.932. The maximum atomic E-state index is 10.4. The molecule has 1 N–H and O–H groups in total. The lowest BCUT2D eigenvalue weighted by atomic mass is 10.2. The highest BCUT2D eigenvalue weighted by Gasteiger charge is 1.94. The molecule has 0 aromatic heterocycles. The van der Waals surface area contributed by atoms with E-state index in [-0.39, 0.29) is 6.61 Å². The molecule has 17 heavy (non-hydrogen) atoms. The molecule has 1 aromatic carbocycles. The van der Waals surface area contributed by atoms with Crippen LogP contribution in [0.15, 0.2) is 24.3 Å². The van der Waals surface area contributed by atoms with Crippen molar-refractivity contribution in [1.82, 2.24) is 0 Å². The Morgan fingerprint density at radius 1 is 1.24 bits per heavy atom. The molecule has 98 valence electrons. The van der Waals surface area contributed by atoms with Gasteiger partial charge < -0.3 is 9.84 Å². The molecule has 0 aliphatic heterocycles. The number of hydrogen-bond acceptors (Lipinski definition) is 3. The van der Waals surface area contributed by atoms with Crippen molar-refractivity contribution in [3.8, 4) is 5.75 Å². The maximum Gasteiger partial charge on any atom is 0.150 e. The van der Waals surface area contributed by atoms with Crippen LogP contribution in [0.2, 0.25) is 0 Å². The van der Waals surface area contributed by atoms with Gasteiger partial charge in [-0.1, -0.05) is 39.8 Å². The zero-order valence-electron chi connectivity index (χ0n) is 11.3. The lowest BCUT2D eigenvalue weighted by Gasteiger charge is -2.04. The van der Waals surface area contributed by atoms with E-state index in [4.69, 9.17) is 9.84 Å². The second kappa shape index (κ2) is 14.6. The minimum Gasteiger partial charge on any atom is -0.493 e. The summed E-state index contributed by atoms with van der Waals surface area (Å²) in [5.41, 5.74) is 0.599. The molecule has 0 aliphatic carbocycles. The normalized spacial score (nSPS) is 8.06. The molecule has 0 saturated heterocycles. The number of rotatable bonds is 5. The number of hydrogen-bond donors (Lipinski definition) is 1. The smallest absolute Gasteiger partial charge is 0.150 e. The molecule has 0 radical (unpaired) electrons. The summed E-state index contributed by atoms with van der Waals surface area (Å²) in [6.07, 6.45) is 1.38. The van der Waals surface area contributed by atoms with Gasteiger partial charge in [-0.3, -0.25) is 4.79 Å². The van der Waals surface area contributed by atoms with E-state index < -0.39 is 0 Å². The summed E-state index contributed by atoms with van der Waals surface area (Å²) in [7, 11) is 0. The molecule has 0 atom stereocenters. The maximum absolute atomic E-state index is 10.4. The summed E-state index contributed by atoms with van der Waals surface area (Å²) in [6, 6.07) is 6.93. The Hall–Kier alpha value is -1.35. The Balaban J connectivity index is 0. The lowest BCUT2D eigenvalue weighted by Crippen LogP contribution is -1.99. The van der Waals surface area contributed by atoms with Crippen LogP contribution in [0.4, 0.5) is 0 Å². The molecule has 0 saturated carbocycles. The molecule has 0 heterocycles. The predicted molar refractivity (Wildman–Crippen MR) is 71.7 cm³/mol. The van der Waals surface area contributed by atoms with Crippen molar-refractivity contribution in [3.05, 3.63) is 29.8 Å². The molecule has 1 aromatic rings. The van der Waals surface area contributed by atoms with Crippen molar-refractivity contribution >= 4 is 6.29 Å². The number of aliphatic hydroxyl groups excluding tert-OH is 1. The Labute approximate surface area is 104 Å². The SMILES string of the molecule is CC.CC.O=Cc1cccc(OCCCO)c1. The van der Waals surface area contributed by atoms with Crippen LogP contribution in [0, 0.1) is 0 Å². The lowest BCUT2D eigenvalue weighted by molar-refractivity contribution is 0.112. The molecule has 0 unspecified atom stereocenters. The summed E-state index contributed by atoms with van der Waals surface area (Å²) in [5.74, 6) is 0.665. The largest absolute Gasteiger partial charge is 0.493 e. The average molecular weight is 240 g/mol. The Kier molecular flexibility index (Phi) is 15.5. The van der Waals surface area contributed by atoms with Crippen LogP contribution in [-0.4, -0.2) is 24.6 Å². The highest BCUT2D eigenvalue weighted by atomic mass is 16.5. The van der Waals surface area contributed by atoms with Crippen LogP contribution < -0.4 is 4.74 Å². The second-order valence-corrected chi connectivity index (χ2v) is 2.62. The first-order valence-corrected chi connectivity index (χ1v) is 6.15. The fraction of sp³-hybridized carbons (Fsp3) is 0.500. The third kappa shape index (κ3) is 9.57. The average Bonchev–Trinajstić information content (AvgIpc) is 2.44. The molecule has 0 spiro atoms. The first-order chi connectivity index (χ1) is 8.36. The van der Waals surface area contributed by atoms with E-state index in [1.807, 2.05) is 27.7 Å². The molecular weight excluding hydrogens is 216 g/mol. The standard InChI is InChI=1S/C10H12O3.2C2H6/c11-5-2-6-13-10-4-1-3-9(7-10)8-12;2*1-2/h1,3-4,7-8,11H,2,5-6H2;2*1-2H3. The minimum atomic E-state index is 0.118. The fourth-order valence-corrected chi connectivity index (χ4v) is 0.932. The Morgan fingerprint density at radius 2 is 1.88 bits per heavy atom. The minimum absolute atomic E-state index is 0.118. The van der Waals surface area contributed by atoms with Crippen LogP contribution in [-0.2, 0) is 0 Å². The van der Waals surface area contributed by atoms with Crippen molar-refractivity contribution in [2.45, 2.75) is 34.1 Å². The highest BCUT2D eigenvalue weighted by Crippen LogP contribution is 2.11. The van der Waals surface area contributed by atoms with Gasteiger partial charge in [-0.05, 0) is 12.1 Å². The third-order valence-electron chi connectivity index (χ3n) is 1.57. The molecule has 0 bridgehead atoms. The van der Waals surface area contributed by atoms with Crippen LogP contribution in [0.5, 0.6) is 5.75 Å². The van der Waals surface area contributed by atoms with Crippen LogP contribution in [0.3, 0.4) is 0 Å².